The van der Waals surface area contributed by atoms with Crippen LogP contribution in [-0.4, -0.2) is 37.0 Å². The van der Waals surface area contributed by atoms with Crippen molar-refractivity contribution in [2.24, 2.45) is 0 Å². The zero-order chi connectivity index (χ0) is 13.8. The number of hydrogen-bond acceptors (Lipinski definition) is 2. The molecule has 0 aromatic heterocycles. The van der Waals surface area contributed by atoms with Crippen molar-refractivity contribution in [1.29, 1.82) is 0 Å². The predicted molar refractivity (Wildman–Crippen MR) is 81.8 cm³/mol. The van der Waals surface area contributed by atoms with Gasteiger partial charge in [-0.1, -0.05) is 27.5 Å². The summed E-state index contributed by atoms with van der Waals surface area (Å²) in [5.41, 5.74) is 0.582. The number of rotatable bonds is 3. The van der Waals surface area contributed by atoms with Crippen LogP contribution in [0.5, 0.6) is 0 Å². The molecule has 1 N–H and O–H groups in total. The number of likely N-dealkylation sites (N-methyl/N-ethyl adjacent to an activating group) is 1. The summed E-state index contributed by atoms with van der Waals surface area (Å²) in [5.74, 6) is 0.0336. The van der Waals surface area contributed by atoms with E-state index in [1.54, 1.807) is 12.1 Å². The zero-order valence-corrected chi connectivity index (χ0v) is 13.3. The van der Waals surface area contributed by atoms with Crippen LogP contribution in [0.3, 0.4) is 0 Å². The van der Waals surface area contributed by atoms with Gasteiger partial charge >= 0.3 is 0 Å². The standard InChI is InChI=1S/C14H18BrClN2O/c1-17-9-11-4-2-3-7-18(11)14(19)12-8-10(15)5-6-13(12)16/h5-6,8,11,17H,2-4,7,9H2,1H3. The van der Waals surface area contributed by atoms with Gasteiger partial charge in [-0.25, -0.2) is 0 Å². The lowest BCUT2D eigenvalue weighted by Crippen LogP contribution is -2.48. The number of nitrogens with one attached hydrogen (secondary N) is 1. The Balaban J connectivity index is 2.23. The van der Waals surface area contributed by atoms with Gasteiger partial charge in [-0.3, -0.25) is 4.79 Å². The van der Waals surface area contributed by atoms with E-state index >= 15 is 0 Å². The third-order valence-electron chi connectivity index (χ3n) is 3.49. The Morgan fingerprint density at radius 3 is 3.05 bits per heavy atom. The first-order valence-corrected chi connectivity index (χ1v) is 7.71. The molecule has 0 spiro atoms. The first-order valence-electron chi connectivity index (χ1n) is 6.54. The van der Waals surface area contributed by atoms with Gasteiger partial charge in [0.05, 0.1) is 10.6 Å². The molecule has 0 bridgehead atoms. The van der Waals surface area contributed by atoms with Crippen LogP contribution in [0.15, 0.2) is 22.7 Å². The Kier molecular flexibility index (Phi) is 5.25. The fraction of sp³-hybridized carbons (Fsp3) is 0.500. The second kappa shape index (κ2) is 6.73. The highest BCUT2D eigenvalue weighted by atomic mass is 79.9. The number of carbonyl (C=O) groups is 1. The second-order valence-electron chi connectivity index (χ2n) is 4.83. The van der Waals surface area contributed by atoms with Crippen LogP contribution in [0.1, 0.15) is 29.6 Å². The van der Waals surface area contributed by atoms with E-state index < -0.39 is 0 Å². The maximum absolute atomic E-state index is 12.7. The van der Waals surface area contributed by atoms with E-state index in [9.17, 15) is 4.79 Å². The zero-order valence-electron chi connectivity index (χ0n) is 11.0. The summed E-state index contributed by atoms with van der Waals surface area (Å²) in [6.45, 7) is 1.64. The highest BCUT2D eigenvalue weighted by molar-refractivity contribution is 9.10. The van der Waals surface area contributed by atoms with Crippen LogP contribution in [0, 0.1) is 0 Å². The molecule has 0 saturated carbocycles. The molecular weight excluding hydrogens is 328 g/mol. The Hall–Kier alpha value is -0.580. The van der Waals surface area contributed by atoms with Gasteiger partial charge in [0.1, 0.15) is 0 Å². The predicted octanol–water partition coefficient (Wildman–Crippen LogP) is 3.32. The quantitative estimate of drug-likeness (QED) is 0.911. The molecule has 104 valence electrons. The van der Waals surface area contributed by atoms with Crippen molar-refractivity contribution in [2.75, 3.05) is 20.1 Å². The van der Waals surface area contributed by atoms with Crippen molar-refractivity contribution in [3.8, 4) is 0 Å². The van der Waals surface area contributed by atoms with Gasteiger partial charge in [0, 0.05) is 23.6 Å². The lowest BCUT2D eigenvalue weighted by atomic mass is 10.0. The molecular formula is C14H18BrClN2O. The number of halogens is 2. The molecule has 5 heteroatoms. The first-order chi connectivity index (χ1) is 9.13. The lowest BCUT2D eigenvalue weighted by molar-refractivity contribution is 0.0615. The third kappa shape index (κ3) is 3.50. The van der Waals surface area contributed by atoms with Crippen LogP contribution in [0.25, 0.3) is 0 Å². The number of piperidine rings is 1. The van der Waals surface area contributed by atoms with Gasteiger partial charge < -0.3 is 10.2 Å². The van der Waals surface area contributed by atoms with Crippen LogP contribution in [0.2, 0.25) is 5.02 Å². The largest absolute Gasteiger partial charge is 0.334 e. The summed E-state index contributed by atoms with van der Waals surface area (Å²) in [7, 11) is 1.92. The van der Waals surface area contributed by atoms with Crippen molar-refractivity contribution in [2.45, 2.75) is 25.3 Å². The van der Waals surface area contributed by atoms with Crippen LogP contribution in [0.4, 0.5) is 0 Å². The molecule has 1 aliphatic rings. The van der Waals surface area contributed by atoms with Gasteiger partial charge in [0.25, 0.3) is 5.91 Å². The minimum atomic E-state index is 0.0336. The number of benzene rings is 1. The maximum Gasteiger partial charge on any atom is 0.255 e. The summed E-state index contributed by atoms with van der Waals surface area (Å²) >= 11 is 9.54. The molecule has 1 atom stereocenters. The first kappa shape index (κ1) is 14.8. The van der Waals surface area contributed by atoms with Crippen LogP contribution >= 0.6 is 27.5 Å². The van der Waals surface area contributed by atoms with Crippen molar-refractivity contribution in [1.82, 2.24) is 10.2 Å². The van der Waals surface area contributed by atoms with Gasteiger partial charge in [-0.05, 0) is 44.5 Å². The van der Waals surface area contributed by atoms with Gasteiger partial charge in [0.15, 0.2) is 0 Å². The normalized spacial score (nSPS) is 19.5. The van der Waals surface area contributed by atoms with Crippen molar-refractivity contribution >= 4 is 33.4 Å². The van der Waals surface area contributed by atoms with Crippen molar-refractivity contribution in [3.63, 3.8) is 0 Å². The lowest BCUT2D eigenvalue weighted by Gasteiger charge is -2.36. The average molecular weight is 346 g/mol. The van der Waals surface area contributed by atoms with E-state index in [0.717, 1.165) is 30.4 Å². The molecule has 1 saturated heterocycles. The van der Waals surface area contributed by atoms with E-state index in [1.807, 2.05) is 18.0 Å². The monoisotopic (exact) mass is 344 g/mol. The van der Waals surface area contributed by atoms with E-state index in [-0.39, 0.29) is 11.9 Å². The number of hydrogen-bond donors (Lipinski definition) is 1. The summed E-state index contributed by atoms with van der Waals surface area (Å²) < 4.78 is 0.877. The smallest absolute Gasteiger partial charge is 0.255 e. The minimum Gasteiger partial charge on any atom is -0.334 e. The summed E-state index contributed by atoms with van der Waals surface area (Å²) in [4.78, 5) is 14.6. The van der Waals surface area contributed by atoms with E-state index in [1.165, 1.54) is 6.42 Å². The summed E-state index contributed by atoms with van der Waals surface area (Å²) in [5, 5.41) is 3.68. The topological polar surface area (TPSA) is 32.3 Å². The summed E-state index contributed by atoms with van der Waals surface area (Å²) in [6, 6.07) is 5.67. The van der Waals surface area contributed by atoms with Crippen LogP contribution < -0.4 is 5.32 Å². The Morgan fingerprint density at radius 2 is 2.32 bits per heavy atom. The molecule has 1 fully saturated rings. The van der Waals surface area contributed by atoms with Gasteiger partial charge in [-0.15, -0.1) is 0 Å². The minimum absolute atomic E-state index is 0.0336. The fourth-order valence-electron chi connectivity index (χ4n) is 2.53. The molecule has 1 heterocycles. The molecule has 1 aliphatic heterocycles. The molecule has 1 amide bonds. The maximum atomic E-state index is 12.7. The molecule has 1 aromatic rings. The Labute approximate surface area is 127 Å². The van der Waals surface area contributed by atoms with Gasteiger partial charge in [-0.2, -0.15) is 0 Å². The molecule has 2 rings (SSSR count). The second-order valence-corrected chi connectivity index (χ2v) is 6.15. The highest BCUT2D eigenvalue weighted by Gasteiger charge is 2.28. The van der Waals surface area contributed by atoms with E-state index in [2.05, 4.69) is 21.2 Å². The van der Waals surface area contributed by atoms with Gasteiger partial charge in [0.2, 0.25) is 0 Å². The van der Waals surface area contributed by atoms with Crippen molar-refractivity contribution in [3.05, 3.63) is 33.3 Å². The average Bonchev–Trinajstić information content (AvgIpc) is 2.42. The SMILES string of the molecule is CNCC1CCCCN1C(=O)c1cc(Br)ccc1Cl. The molecule has 1 unspecified atom stereocenters. The Bertz CT molecular complexity index is 465. The van der Waals surface area contributed by atoms with E-state index in [0.29, 0.717) is 10.6 Å². The highest BCUT2D eigenvalue weighted by Crippen LogP contribution is 2.25. The number of nitrogens with zero attached hydrogens (tertiary/aromatic N) is 1. The molecule has 0 aliphatic carbocycles. The van der Waals surface area contributed by atoms with Crippen LogP contribution in [-0.2, 0) is 0 Å². The summed E-state index contributed by atoms with van der Waals surface area (Å²) in [6.07, 6.45) is 3.30. The number of carbonyl (C=O) groups excluding carboxylic acids is 1. The molecule has 0 radical (unpaired) electrons. The third-order valence-corrected chi connectivity index (χ3v) is 4.31. The van der Waals surface area contributed by atoms with Crippen molar-refractivity contribution < 1.29 is 4.79 Å². The molecule has 1 aromatic carbocycles. The molecule has 3 nitrogen and oxygen atoms in total. The molecule has 19 heavy (non-hydrogen) atoms. The number of likely N-dealkylation sites (tertiary alicyclic amines) is 1. The number of amides is 1. The Morgan fingerprint density at radius 1 is 1.53 bits per heavy atom. The van der Waals surface area contributed by atoms with E-state index in [4.69, 9.17) is 11.6 Å². The fourth-order valence-corrected chi connectivity index (χ4v) is 3.09.